The first-order valence-electron chi connectivity index (χ1n) is 5.05. The second kappa shape index (κ2) is 3.08. The summed E-state index contributed by atoms with van der Waals surface area (Å²) in [5.41, 5.74) is 3.57. The van der Waals surface area contributed by atoms with Crippen LogP contribution in [0.15, 0.2) is 24.7 Å². The molecule has 0 atom stereocenters. The van der Waals surface area contributed by atoms with Crippen LogP contribution in [-0.2, 0) is 13.5 Å². The highest BCUT2D eigenvalue weighted by Crippen LogP contribution is 2.25. The van der Waals surface area contributed by atoms with Crippen LogP contribution < -0.4 is 5.32 Å². The molecular weight excluding hydrogens is 188 g/mol. The van der Waals surface area contributed by atoms with E-state index < -0.39 is 0 Å². The molecule has 2 aromatic rings. The lowest BCUT2D eigenvalue weighted by Crippen LogP contribution is -1.92. The summed E-state index contributed by atoms with van der Waals surface area (Å²) < 4.78 is 1.81. The molecule has 0 aliphatic carbocycles. The van der Waals surface area contributed by atoms with E-state index in [0.717, 1.165) is 29.9 Å². The van der Waals surface area contributed by atoms with Gasteiger partial charge < -0.3 is 5.32 Å². The summed E-state index contributed by atoms with van der Waals surface area (Å²) in [5.74, 6) is 1.03. The van der Waals surface area contributed by atoms with Gasteiger partial charge in [-0.1, -0.05) is 0 Å². The third-order valence-corrected chi connectivity index (χ3v) is 2.69. The molecule has 1 aliphatic rings. The molecular formula is C11H12N4. The van der Waals surface area contributed by atoms with Crippen molar-refractivity contribution in [1.29, 1.82) is 0 Å². The van der Waals surface area contributed by atoms with Gasteiger partial charge in [0.1, 0.15) is 5.82 Å². The Morgan fingerprint density at radius 1 is 1.33 bits per heavy atom. The first-order chi connectivity index (χ1) is 7.33. The van der Waals surface area contributed by atoms with Crippen molar-refractivity contribution in [2.75, 3.05) is 11.9 Å². The third-order valence-electron chi connectivity index (χ3n) is 2.69. The van der Waals surface area contributed by atoms with E-state index in [1.54, 1.807) is 4.68 Å². The minimum Gasteiger partial charge on any atom is -0.370 e. The van der Waals surface area contributed by atoms with Gasteiger partial charge in [-0.25, -0.2) is 4.98 Å². The lowest BCUT2D eigenvalue weighted by molar-refractivity contribution is 0.768. The van der Waals surface area contributed by atoms with Crippen molar-refractivity contribution in [3.8, 4) is 11.1 Å². The van der Waals surface area contributed by atoms with Crippen LogP contribution >= 0.6 is 0 Å². The van der Waals surface area contributed by atoms with Crippen LogP contribution in [0.2, 0.25) is 0 Å². The molecule has 76 valence electrons. The van der Waals surface area contributed by atoms with Gasteiger partial charge in [-0.2, -0.15) is 5.10 Å². The van der Waals surface area contributed by atoms with E-state index in [1.807, 2.05) is 25.6 Å². The molecule has 0 bridgehead atoms. The van der Waals surface area contributed by atoms with E-state index in [1.165, 1.54) is 5.56 Å². The van der Waals surface area contributed by atoms with Crippen molar-refractivity contribution in [2.24, 2.45) is 7.05 Å². The molecule has 4 heteroatoms. The van der Waals surface area contributed by atoms with E-state index in [0.29, 0.717) is 0 Å². The lowest BCUT2D eigenvalue weighted by atomic mass is 10.1. The number of nitrogens with zero attached hydrogens (tertiary/aromatic N) is 3. The van der Waals surface area contributed by atoms with Crippen LogP contribution in [0, 0.1) is 0 Å². The van der Waals surface area contributed by atoms with Gasteiger partial charge in [0.25, 0.3) is 0 Å². The largest absolute Gasteiger partial charge is 0.370 e. The standard InChI is InChI=1S/C11H12N4/c1-15-7-10(6-14-15)9-4-8-2-3-12-11(8)13-5-9/h4-7H,2-3H2,1H3,(H,12,13). The van der Waals surface area contributed by atoms with E-state index in [4.69, 9.17) is 0 Å². The molecule has 0 fully saturated rings. The van der Waals surface area contributed by atoms with Crippen LogP contribution in [0.5, 0.6) is 0 Å². The quantitative estimate of drug-likeness (QED) is 0.757. The van der Waals surface area contributed by atoms with Crippen LogP contribution in [0.1, 0.15) is 5.56 Å². The Labute approximate surface area is 88.0 Å². The topological polar surface area (TPSA) is 42.7 Å². The maximum Gasteiger partial charge on any atom is 0.129 e. The first-order valence-corrected chi connectivity index (χ1v) is 5.05. The average molecular weight is 200 g/mol. The molecule has 0 saturated carbocycles. The van der Waals surface area contributed by atoms with Crippen molar-refractivity contribution >= 4 is 5.82 Å². The molecule has 4 nitrogen and oxygen atoms in total. The van der Waals surface area contributed by atoms with Gasteiger partial charge in [0.05, 0.1) is 6.20 Å². The number of rotatable bonds is 1. The predicted octanol–water partition coefficient (Wildman–Crippen LogP) is 1.45. The molecule has 3 heterocycles. The number of hydrogen-bond donors (Lipinski definition) is 1. The second-order valence-electron chi connectivity index (χ2n) is 3.81. The van der Waals surface area contributed by atoms with E-state index in [2.05, 4.69) is 21.5 Å². The molecule has 0 aromatic carbocycles. The first kappa shape index (κ1) is 8.47. The van der Waals surface area contributed by atoms with Gasteiger partial charge >= 0.3 is 0 Å². The van der Waals surface area contributed by atoms with Crippen molar-refractivity contribution in [3.63, 3.8) is 0 Å². The normalized spacial score (nSPS) is 13.7. The van der Waals surface area contributed by atoms with Crippen molar-refractivity contribution in [1.82, 2.24) is 14.8 Å². The summed E-state index contributed by atoms with van der Waals surface area (Å²) in [6.07, 6.45) is 6.84. The SMILES string of the molecule is Cn1cc(-c2cnc3c(c2)CCN3)cn1. The summed E-state index contributed by atoms with van der Waals surface area (Å²) in [5, 5.41) is 7.41. The van der Waals surface area contributed by atoms with E-state index >= 15 is 0 Å². The Morgan fingerprint density at radius 3 is 3.07 bits per heavy atom. The molecule has 0 spiro atoms. The highest BCUT2D eigenvalue weighted by Gasteiger charge is 2.12. The summed E-state index contributed by atoms with van der Waals surface area (Å²) in [6.45, 7) is 0.999. The van der Waals surface area contributed by atoms with Crippen LogP contribution in [0.3, 0.4) is 0 Å². The van der Waals surface area contributed by atoms with Gasteiger partial charge in [0.2, 0.25) is 0 Å². The van der Waals surface area contributed by atoms with Crippen molar-refractivity contribution in [3.05, 3.63) is 30.2 Å². The van der Waals surface area contributed by atoms with Gasteiger partial charge in [0, 0.05) is 37.1 Å². The Hall–Kier alpha value is -1.84. The summed E-state index contributed by atoms with van der Waals surface area (Å²) >= 11 is 0. The maximum absolute atomic E-state index is 4.40. The summed E-state index contributed by atoms with van der Waals surface area (Å²) in [6, 6.07) is 2.19. The zero-order valence-corrected chi connectivity index (χ0v) is 8.57. The average Bonchev–Trinajstić information content (AvgIpc) is 2.84. The van der Waals surface area contributed by atoms with Gasteiger partial charge in [-0.05, 0) is 18.1 Å². The zero-order chi connectivity index (χ0) is 10.3. The Kier molecular flexibility index (Phi) is 1.74. The molecule has 0 radical (unpaired) electrons. The summed E-state index contributed by atoms with van der Waals surface area (Å²) in [4.78, 5) is 4.40. The van der Waals surface area contributed by atoms with Crippen LogP contribution in [0.25, 0.3) is 11.1 Å². The number of pyridine rings is 1. The Bertz CT molecular complexity index is 501. The van der Waals surface area contributed by atoms with Crippen LogP contribution in [-0.4, -0.2) is 21.3 Å². The fourth-order valence-corrected chi connectivity index (χ4v) is 1.90. The van der Waals surface area contributed by atoms with Crippen molar-refractivity contribution in [2.45, 2.75) is 6.42 Å². The summed E-state index contributed by atoms with van der Waals surface area (Å²) in [7, 11) is 1.92. The van der Waals surface area contributed by atoms with Crippen molar-refractivity contribution < 1.29 is 0 Å². The number of anilines is 1. The molecule has 0 unspecified atom stereocenters. The number of aryl methyl sites for hydroxylation is 1. The van der Waals surface area contributed by atoms with Gasteiger partial charge in [-0.15, -0.1) is 0 Å². The minimum atomic E-state index is 0.999. The Morgan fingerprint density at radius 2 is 2.27 bits per heavy atom. The maximum atomic E-state index is 4.40. The molecule has 0 amide bonds. The minimum absolute atomic E-state index is 0.999. The number of fused-ring (bicyclic) bond motifs is 1. The highest BCUT2D eigenvalue weighted by molar-refractivity contribution is 5.65. The van der Waals surface area contributed by atoms with Gasteiger partial charge in [0.15, 0.2) is 0 Å². The highest BCUT2D eigenvalue weighted by atomic mass is 15.2. The molecule has 2 aromatic heterocycles. The fourth-order valence-electron chi connectivity index (χ4n) is 1.90. The number of aromatic nitrogens is 3. The molecule has 1 N–H and O–H groups in total. The van der Waals surface area contributed by atoms with E-state index in [-0.39, 0.29) is 0 Å². The van der Waals surface area contributed by atoms with E-state index in [9.17, 15) is 0 Å². The fraction of sp³-hybridized carbons (Fsp3) is 0.273. The second-order valence-corrected chi connectivity index (χ2v) is 3.81. The van der Waals surface area contributed by atoms with Gasteiger partial charge in [-0.3, -0.25) is 4.68 Å². The molecule has 0 saturated heterocycles. The molecule has 1 aliphatic heterocycles. The Balaban J connectivity index is 2.06. The molecule has 15 heavy (non-hydrogen) atoms. The predicted molar refractivity (Wildman–Crippen MR) is 58.6 cm³/mol. The monoisotopic (exact) mass is 200 g/mol. The van der Waals surface area contributed by atoms with Crippen LogP contribution in [0.4, 0.5) is 5.82 Å². The zero-order valence-electron chi connectivity index (χ0n) is 8.57. The number of nitrogens with one attached hydrogen (secondary N) is 1. The smallest absolute Gasteiger partial charge is 0.129 e. The third kappa shape index (κ3) is 1.38. The number of hydrogen-bond acceptors (Lipinski definition) is 3. The lowest BCUT2D eigenvalue weighted by Gasteiger charge is -2.01. The molecule has 3 rings (SSSR count).